The maximum atomic E-state index is 3.67. The van der Waals surface area contributed by atoms with Crippen molar-refractivity contribution >= 4 is 0 Å². The van der Waals surface area contributed by atoms with Crippen molar-refractivity contribution in [3.63, 3.8) is 0 Å². The van der Waals surface area contributed by atoms with Crippen LogP contribution in [0.1, 0.15) is 66.2 Å². The Morgan fingerprint density at radius 3 is 0.917 bits per heavy atom. The minimum atomic E-state index is 1.29. The summed E-state index contributed by atoms with van der Waals surface area (Å²) in [4.78, 5) is 0. The maximum absolute atomic E-state index is 3.67. The Hall–Kier alpha value is -0.260. The van der Waals surface area contributed by atoms with E-state index in [1.807, 2.05) is 27.7 Å². The van der Waals surface area contributed by atoms with Crippen molar-refractivity contribution in [2.75, 3.05) is 0 Å². The van der Waals surface area contributed by atoms with Gasteiger partial charge in [0.05, 0.1) is 0 Å². The second-order valence-electron chi connectivity index (χ2n) is 2.66. The molecular weight excluding hydrogens is 144 g/mol. The van der Waals surface area contributed by atoms with Gasteiger partial charge in [-0.05, 0) is 12.8 Å². The Morgan fingerprint density at radius 1 is 0.750 bits per heavy atom. The first-order chi connectivity index (χ1) is 5.89. The van der Waals surface area contributed by atoms with E-state index in [1.165, 1.54) is 44.1 Å². The first-order valence-corrected chi connectivity index (χ1v) is 5.56. The topological polar surface area (TPSA) is 0 Å². The zero-order chi connectivity index (χ0) is 9.82. The number of allylic oxidation sites excluding steroid dienone is 1. The zero-order valence-corrected chi connectivity index (χ0v) is 9.45. The van der Waals surface area contributed by atoms with Gasteiger partial charge in [-0.3, -0.25) is 0 Å². The van der Waals surface area contributed by atoms with Crippen molar-refractivity contribution in [2.45, 2.75) is 66.2 Å². The van der Waals surface area contributed by atoms with Gasteiger partial charge in [-0.2, -0.15) is 0 Å². The summed E-state index contributed by atoms with van der Waals surface area (Å²) in [6, 6.07) is 0. The van der Waals surface area contributed by atoms with Crippen LogP contribution in [0, 0.1) is 0 Å². The maximum Gasteiger partial charge on any atom is -0.0286 e. The lowest BCUT2D eigenvalue weighted by Gasteiger charge is -2.05. The van der Waals surface area contributed by atoms with Crippen molar-refractivity contribution < 1.29 is 0 Å². The molecule has 0 atom stereocenters. The number of hydrogen-bond donors (Lipinski definition) is 0. The molecule has 0 heterocycles. The summed E-state index contributed by atoms with van der Waals surface area (Å²) in [6.07, 6.45) is 8.58. The predicted molar refractivity (Wildman–Crippen MR) is 59.5 cm³/mol. The van der Waals surface area contributed by atoms with E-state index in [9.17, 15) is 0 Å². The molecule has 2 aliphatic rings. The summed E-state index contributed by atoms with van der Waals surface area (Å²) in [6.45, 7) is 11.7. The van der Waals surface area contributed by atoms with E-state index in [-0.39, 0.29) is 0 Å². The first-order valence-electron chi connectivity index (χ1n) is 5.56. The van der Waals surface area contributed by atoms with Gasteiger partial charge in [-0.15, -0.1) is 0 Å². The van der Waals surface area contributed by atoms with Gasteiger partial charge >= 0.3 is 0 Å². The van der Waals surface area contributed by atoms with Gasteiger partial charge in [0.15, 0.2) is 0 Å². The molecule has 0 spiro atoms. The number of rotatable bonds is 0. The fourth-order valence-electron chi connectivity index (χ4n) is 0.338. The van der Waals surface area contributed by atoms with Crippen LogP contribution in [0.15, 0.2) is 12.2 Å². The second-order valence-corrected chi connectivity index (χ2v) is 2.66. The van der Waals surface area contributed by atoms with Crippen molar-refractivity contribution in [1.82, 2.24) is 0 Å². The molecule has 0 bridgehead atoms. The average molecular weight is 170 g/mol. The molecule has 0 heteroatoms. The Morgan fingerprint density at radius 2 is 0.917 bits per heavy atom. The van der Waals surface area contributed by atoms with Crippen LogP contribution in [0.2, 0.25) is 0 Å². The van der Waals surface area contributed by atoms with Crippen molar-refractivity contribution in [3.05, 3.63) is 12.2 Å². The summed E-state index contributed by atoms with van der Waals surface area (Å²) in [5.41, 5.74) is 1.42. The lowest BCUT2D eigenvalue weighted by Crippen LogP contribution is -1.85. The summed E-state index contributed by atoms with van der Waals surface area (Å²) in [7, 11) is 0. The van der Waals surface area contributed by atoms with Gasteiger partial charge in [0.25, 0.3) is 0 Å². The summed E-state index contributed by atoms with van der Waals surface area (Å²) in [5.74, 6) is 0. The van der Waals surface area contributed by atoms with E-state index in [4.69, 9.17) is 0 Å². The molecule has 0 amide bonds. The lowest BCUT2D eigenvalue weighted by atomic mass is 10.0. The van der Waals surface area contributed by atoms with Gasteiger partial charge in [-0.25, -0.2) is 0 Å². The highest BCUT2D eigenvalue weighted by Crippen LogP contribution is 2.23. The SMILES string of the molecule is C1CCC1.C=C1CC1.CC.CC. The minimum absolute atomic E-state index is 1.29. The molecule has 0 radical (unpaired) electrons. The van der Waals surface area contributed by atoms with E-state index in [0.717, 1.165) is 0 Å². The third-order valence-corrected chi connectivity index (χ3v) is 1.60. The van der Waals surface area contributed by atoms with Gasteiger partial charge in [0, 0.05) is 0 Å². The van der Waals surface area contributed by atoms with E-state index < -0.39 is 0 Å². The molecule has 0 unspecified atom stereocenters. The molecule has 0 N–H and O–H groups in total. The Labute approximate surface area is 79.1 Å². The summed E-state index contributed by atoms with van der Waals surface area (Å²) < 4.78 is 0. The quantitative estimate of drug-likeness (QED) is 0.451. The van der Waals surface area contributed by atoms with E-state index in [2.05, 4.69) is 6.58 Å². The highest BCUT2D eigenvalue weighted by atomic mass is 14.1. The molecule has 2 fully saturated rings. The molecule has 2 aliphatic carbocycles. The summed E-state index contributed by atoms with van der Waals surface area (Å²) >= 11 is 0. The van der Waals surface area contributed by atoms with Gasteiger partial charge < -0.3 is 0 Å². The molecule has 2 rings (SSSR count). The third-order valence-electron chi connectivity index (χ3n) is 1.60. The van der Waals surface area contributed by atoms with Gasteiger partial charge in [-0.1, -0.05) is 65.5 Å². The zero-order valence-electron chi connectivity index (χ0n) is 9.45. The van der Waals surface area contributed by atoms with Crippen molar-refractivity contribution in [1.29, 1.82) is 0 Å². The summed E-state index contributed by atoms with van der Waals surface area (Å²) in [5, 5.41) is 0. The van der Waals surface area contributed by atoms with E-state index >= 15 is 0 Å². The van der Waals surface area contributed by atoms with E-state index in [0.29, 0.717) is 0 Å². The smallest absolute Gasteiger partial charge is 0.0286 e. The average Bonchev–Trinajstić information content (AvgIpc) is 2.77. The fraction of sp³-hybridized carbons (Fsp3) is 0.833. The molecule has 0 aliphatic heterocycles. The van der Waals surface area contributed by atoms with Gasteiger partial charge in [0.1, 0.15) is 0 Å². The van der Waals surface area contributed by atoms with Crippen LogP contribution in [0.25, 0.3) is 0 Å². The molecule has 0 aromatic rings. The van der Waals surface area contributed by atoms with Crippen LogP contribution in [0.4, 0.5) is 0 Å². The van der Waals surface area contributed by atoms with E-state index in [1.54, 1.807) is 0 Å². The van der Waals surface area contributed by atoms with Crippen LogP contribution in [0.5, 0.6) is 0 Å². The highest BCUT2D eigenvalue weighted by molar-refractivity contribution is 5.09. The molecule has 0 saturated heterocycles. The minimum Gasteiger partial charge on any atom is -0.0998 e. The van der Waals surface area contributed by atoms with Crippen molar-refractivity contribution in [2.24, 2.45) is 0 Å². The van der Waals surface area contributed by atoms with Gasteiger partial charge in [0.2, 0.25) is 0 Å². The molecular formula is C12H26. The van der Waals surface area contributed by atoms with Crippen LogP contribution in [-0.2, 0) is 0 Å². The van der Waals surface area contributed by atoms with Crippen LogP contribution >= 0.6 is 0 Å². The molecule has 0 aromatic heterocycles. The Bertz CT molecular complexity index is 68.0. The molecule has 0 nitrogen and oxygen atoms in total. The molecule has 74 valence electrons. The molecule has 2 saturated carbocycles. The predicted octanol–water partition coefficient (Wildman–Crippen LogP) is 4.95. The lowest BCUT2D eigenvalue weighted by molar-refractivity contribution is 0.504. The third kappa shape index (κ3) is 16.4. The Balaban J connectivity index is 0. The molecule has 0 aromatic carbocycles. The first kappa shape index (κ1) is 14.3. The highest BCUT2D eigenvalue weighted by Gasteiger charge is 2.04. The second kappa shape index (κ2) is 13.3. The van der Waals surface area contributed by atoms with Crippen molar-refractivity contribution in [3.8, 4) is 0 Å². The normalized spacial score (nSPS) is 16.2. The molecule has 12 heavy (non-hydrogen) atoms. The number of hydrogen-bond acceptors (Lipinski definition) is 0. The van der Waals surface area contributed by atoms with Crippen LogP contribution < -0.4 is 0 Å². The monoisotopic (exact) mass is 170 g/mol. The standard InChI is InChI=1S/C4H6.C4H8.2C2H6/c1-4-2-3-4;1-2-4-3-1;2*1-2/h1-3H2;1-4H2;2*1-2H3. The Kier molecular flexibility index (Phi) is 15.9. The van der Waals surface area contributed by atoms with Crippen LogP contribution in [-0.4, -0.2) is 0 Å². The fourth-order valence-corrected chi connectivity index (χ4v) is 0.338. The largest absolute Gasteiger partial charge is 0.0998 e. The van der Waals surface area contributed by atoms with Crippen LogP contribution in [0.3, 0.4) is 0 Å².